The molecule has 1 fully saturated rings. The van der Waals surface area contributed by atoms with Gasteiger partial charge in [-0.2, -0.15) is 0 Å². The first-order valence-corrected chi connectivity index (χ1v) is 6.42. The number of hydrogen-bond donors (Lipinski definition) is 1. The number of hydrogen-bond acceptors (Lipinski definition) is 4. The fourth-order valence-corrected chi connectivity index (χ4v) is 2.45. The van der Waals surface area contributed by atoms with E-state index >= 15 is 0 Å². The highest BCUT2D eigenvalue weighted by Gasteiger charge is 2.16. The lowest BCUT2D eigenvalue weighted by Crippen LogP contribution is -2.37. The van der Waals surface area contributed by atoms with Crippen molar-refractivity contribution in [3.05, 3.63) is 23.8 Å². The maximum atomic E-state index is 4.39. The van der Waals surface area contributed by atoms with Gasteiger partial charge in [-0.25, -0.2) is 9.97 Å². The van der Waals surface area contributed by atoms with E-state index < -0.39 is 0 Å². The van der Waals surface area contributed by atoms with Gasteiger partial charge < -0.3 is 10.2 Å². The van der Waals surface area contributed by atoms with Crippen LogP contribution in [0.1, 0.15) is 24.4 Å². The van der Waals surface area contributed by atoms with Crippen LogP contribution in [0, 0.1) is 12.8 Å². The third-order valence-electron chi connectivity index (χ3n) is 3.29. The maximum absolute atomic E-state index is 4.39. The predicted molar refractivity (Wildman–Crippen MR) is 68.7 cm³/mol. The minimum atomic E-state index is 0.789. The zero-order chi connectivity index (χ0) is 12.1. The Balaban J connectivity index is 1.72. The molecular formula is C13H22N4. The van der Waals surface area contributed by atoms with Crippen LogP contribution in [0.5, 0.6) is 0 Å². The van der Waals surface area contributed by atoms with Crippen molar-refractivity contribution in [1.82, 2.24) is 20.2 Å². The van der Waals surface area contributed by atoms with E-state index in [2.05, 4.69) is 27.2 Å². The van der Waals surface area contributed by atoms with Crippen molar-refractivity contribution < 1.29 is 0 Å². The average molecular weight is 234 g/mol. The molecule has 1 aromatic rings. The second-order valence-corrected chi connectivity index (χ2v) is 5.00. The molecule has 17 heavy (non-hydrogen) atoms. The third kappa shape index (κ3) is 4.06. The Bertz CT molecular complexity index is 353. The van der Waals surface area contributed by atoms with Gasteiger partial charge in [0.1, 0.15) is 5.82 Å². The number of rotatable bonds is 4. The zero-order valence-corrected chi connectivity index (χ0v) is 10.8. The molecule has 1 atom stereocenters. The molecule has 0 radical (unpaired) electrons. The molecule has 1 saturated heterocycles. The van der Waals surface area contributed by atoms with E-state index in [4.69, 9.17) is 0 Å². The molecule has 2 heterocycles. The van der Waals surface area contributed by atoms with Crippen LogP contribution in [0.2, 0.25) is 0 Å². The normalized spacial score (nSPS) is 21.6. The Kier molecular flexibility index (Phi) is 4.45. The molecule has 0 spiro atoms. The topological polar surface area (TPSA) is 41.1 Å². The standard InChI is InChI=1S/C13H22N4/c1-11-15-6-5-13(16-11)9-14-8-12-4-3-7-17(2)10-12/h5-6,12,14H,3-4,7-10H2,1-2H3. The SMILES string of the molecule is Cc1nccc(CNCC2CCCN(C)C2)n1. The summed E-state index contributed by atoms with van der Waals surface area (Å²) in [5, 5.41) is 3.50. The molecule has 1 unspecified atom stereocenters. The molecular weight excluding hydrogens is 212 g/mol. The van der Waals surface area contributed by atoms with E-state index in [1.807, 2.05) is 19.2 Å². The predicted octanol–water partition coefficient (Wildman–Crippen LogP) is 1.22. The van der Waals surface area contributed by atoms with Gasteiger partial charge in [0.2, 0.25) is 0 Å². The van der Waals surface area contributed by atoms with Gasteiger partial charge in [-0.1, -0.05) is 0 Å². The van der Waals surface area contributed by atoms with Gasteiger partial charge >= 0.3 is 0 Å². The Hall–Kier alpha value is -1.00. The summed E-state index contributed by atoms with van der Waals surface area (Å²) >= 11 is 0. The lowest BCUT2D eigenvalue weighted by molar-refractivity contribution is 0.206. The Morgan fingerprint density at radius 1 is 1.53 bits per heavy atom. The molecule has 1 N–H and O–H groups in total. The van der Waals surface area contributed by atoms with E-state index in [9.17, 15) is 0 Å². The fourth-order valence-electron chi connectivity index (χ4n) is 2.45. The second-order valence-electron chi connectivity index (χ2n) is 5.00. The molecule has 94 valence electrons. The number of nitrogens with one attached hydrogen (secondary N) is 1. The largest absolute Gasteiger partial charge is 0.311 e. The minimum absolute atomic E-state index is 0.789. The summed E-state index contributed by atoms with van der Waals surface area (Å²) in [7, 11) is 2.21. The Morgan fingerprint density at radius 2 is 2.41 bits per heavy atom. The molecule has 0 aliphatic carbocycles. The number of nitrogens with zero attached hydrogens (tertiary/aromatic N) is 3. The van der Waals surface area contributed by atoms with Crippen LogP contribution in [0.25, 0.3) is 0 Å². The van der Waals surface area contributed by atoms with Crippen molar-refractivity contribution in [3.8, 4) is 0 Å². The van der Waals surface area contributed by atoms with E-state index in [1.54, 1.807) is 0 Å². The highest BCUT2D eigenvalue weighted by Crippen LogP contribution is 2.13. The Labute approximate surface area is 103 Å². The summed E-state index contributed by atoms with van der Waals surface area (Å²) in [4.78, 5) is 10.9. The van der Waals surface area contributed by atoms with Gasteiger partial charge in [-0.05, 0) is 51.9 Å². The monoisotopic (exact) mass is 234 g/mol. The highest BCUT2D eigenvalue weighted by molar-refractivity contribution is 5.01. The van der Waals surface area contributed by atoms with Crippen LogP contribution >= 0.6 is 0 Å². The van der Waals surface area contributed by atoms with Crippen molar-refractivity contribution in [1.29, 1.82) is 0 Å². The molecule has 1 aliphatic rings. The molecule has 4 heteroatoms. The van der Waals surface area contributed by atoms with Gasteiger partial charge in [-0.3, -0.25) is 0 Å². The van der Waals surface area contributed by atoms with E-state index in [1.165, 1.54) is 25.9 Å². The first kappa shape index (κ1) is 12.5. The Morgan fingerprint density at radius 3 is 3.18 bits per heavy atom. The summed E-state index contributed by atoms with van der Waals surface area (Å²) in [6, 6.07) is 1.98. The molecule has 1 aromatic heterocycles. The van der Waals surface area contributed by atoms with Crippen molar-refractivity contribution in [2.24, 2.45) is 5.92 Å². The summed E-state index contributed by atoms with van der Waals surface area (Å²) < 4.78 is 0. The summed E-state index contributed by atoms with van der Waals surface area (Å²) in [6.07, 6.45) is 4.50. The molecule has 2 rings (SSSR count). The lowest BCUT2D eigenvalue weighted by Gasteiger charge is -2.29. The first-order valence-electron chi connectivity index (χ1n) is 6.42. The summed E-state index contributed by atoms with van der Waals surface area (Å²) in [5.41, 5.74) is 1.08. The first-order chi connectivity index (χ1) is 8.24. The van der Waals surface area contributed by atoms with Crippen LogP contribution in [-0.4, -0.2) is 41.5 Å². The van der Waals surface area contributed by atoms with Crippen LogP contribution in [0.3, 0.4) is 0 Å². The number of aromatic nitrogens is 2. The lowest BCUT2D eigenvalue weighted by atomic mass is 9.98. The molecule has 4 nitrogen and oxygen atoms in total. The summed E-state index contributed by atoms with van der Waals surface area (Å²) in [5.74, 6) is 1.64. The molecule has 0 amide bonds. The summed E-state index contributed by atoms with van der Waals surface area (Å²) in [6.45, 7) is 6.34. The molecule has 0 bridgehead atoms. The molecule has 1 aliphatic heterocycles. The number of piperidine rings is 1. The van der Waals surface area contributed by atoms with Gasteiger partial charge in [0, 0.05) is 19.3 Å². The van der Waals surface area contributed by atoms with Crippen molar-refractivity contribution >= 4 is 0 Å². The van der Waals surface area contributed by atoms with Crippen LogP contribution < -0.4 is 5.32 Å². The van der Waals surface area contributed by atoms with Gasteiger partial charge in [0.15, 0.2) is 0 Å². The van der Waals surface area contributed by atoms with Gasteiger partial charge in [0.25, 0.3) is 0 Å². The van der Waals surface area contributed by atoms with Crippen LogP contribution in [0.15, 0.2) is 12.3 Å². The third-order valence-corrected chi connectivity index (χ3v) is 3.29. The second kappa shape index (κ2) is 6.07. The number of aryl methyl sites for hydroxylation is 1. The van der Waals surface area contributed by atoms with Gasteiger partial charge in [0.05, 0.1) is 5.69 Å². The maximum Gasteiger partial charge on any atom is 0.125 e. The van der Waals surface area contributed by atoms with E-state index in [-0.39, 0.29) is 0 Å². The van der Waals surface area contributed by atoms with Crippen LogP contribution in [-0.2, 0) is 6.54 Å². The molecule has 0 saturated carbocycles. The highest BCUT2D eigenvalue weighted by atomic mass is 15.1. The average Bonchev–Trinajstić information content (AvgIpc) is 2.29. The zero-order valence-electron chi connectivity index (χ0n) is 10.8. The van der Waals surface area contributed by atoms with E-state index in [0.717, 1.165) is 30.5 Å². The van der Waals surface area contributed by atoms with Crippen molar-refractivity contribution in [3.63, 3.8) is 0 Å². The number of likely N-dealkylation sites (tertiary alicyclic amines) is 1. The van der Waals surface area contributed by atoms with Crippen molar-refractivity contribution in [2.75, 3.05) is 26.7 Å². The smallest absolute Gasteiger partial charge is 0.125 e. The fraction of sp³-hybridized carbons (Fsp3) is 0.692. The van der Waals surface area contributed by atoms with Crippen LogP contribution in [0.4, 0.5) is 0 Å². The quantitative estimate of drug-likeness (QED) is 0.850. The van der Waals surface area contributed by atoms with Crippen molar-refractivity contribution in [2.45, 2.75) is 26.3 Å². The van der Waals surface area contributed by atoms with E-state index in [0.29, 0.717) is 0 Å². The minimum Gasteiger partial charge on any atom is -0.311 e. The molecule has 0 aromatic carbocycles. The van der Waals surface area contributed by atoms with Gasteiger partial charge in [-0.15, -0.1) is 0 Å².